The SMILES string of the molecule is Cc1ccc(C2=NN(C(=O)CN3CCOCC3)C(c3ccccc3)C2)c(C)c1. The summed E-state index contributed by atoms with van der Waals surface area (Å²) in [7, 11) is 0. The van der Waals surface area contributed by atoms with Crippen LogP contribution in [0.5, 0.6) is 0 Å². The van der Waals surface area contributed by atoms with Crippen LogP contribution in [0.3, 0.4) is 0 Å². The zero-order valence-electron chi connectivity index (χ0n) is 16.6. The Bertz CT molecular complexity index is 873. The van der Waals surface area contributed by atoms with Gasteiger partial charge in [-0.1, -0.05) is 54.1 Å². The molecule has 0 radical (unpaired) electrons. The highest BCUT2D eigenvalue weighted by atomic mass is 16.5. The zero-order chi connectivity index (χ0) is 19.5. The average molecular weight is 377 g/mol. The predicted octanol–water partition coefficient (Wildman–Crippen LogP) is 3.31. The van der Waals surface area contributed by atoms with E-state index < -0.39 is 0 Å². The van der Waals surface area contributed by atoms with Crippen LogP contribution in [0, 0.1) is 13.8 Å². The first-order valence-corrected chi connectivity index (χ1v) is 9.94. The van der Waals surface area contributed by atoms with Crippen molar-refractivity contribution in [1.82, 2.24) is 9.91 Å². The Kier molecular flexibility index (Phi) is 5.55. The first kappa shape index (κ1) is 18.8. The number of hydrogen-bond donors (Lipinski definition) is 0. The highest BCUT2D eigenvalue weighted by Crippen LogP contribution is 2.33. The minimum absolute atomic E-state index is 0.0505. The number of hydrogen-bond acceptors (Lipinski definition) is 4. The third kappa shape index (κ3) is 4.01. The van der Waals surface area contributed by atoms with E-state index in [9.17, 15) is 4.79 Å². The molecule has 2 aromatic carbocycles. The van der Waals surface area contributed by atoms with Crippen molar-refractivity contribution in [3.63, 3.8) is 0 Å². The molecule has 5 nitrogen and oxygen atoms in total. The van der Waals surface area contributed by atoms with E-state index in [1.807, 2.05) is 18.2 Å². The summed E-state index contributed by atoms with van der Waals surface area (Å²) in [5, 5.41) is 6.52. The number of rotatable bonds is 4. The molecular formula is C23H27N3O2. The number of morpholine rings is 1. The minimum atomic E-state index is -0.0505. The molecule has 28 heavy (non-hydrogen) atoms. The number of benzene rings is 2. The van der Waals surface area contributed by atoms with Gasteiger partial charge in [0, 0.05) is 25.1 Å². The molecule has 146 valence electrons. The molecule has 0 spiro atoms. The monoisotopic (exact) mass is 377 g/mol. The Hall–Kier alpha value is -2.50. The molecule has 0 N–H and O–H groups in total. The normalized spacial score (nSPS) is 20.3. The molecule has 1 saturated heterocycles. The molecule has 0 bridgehead atoms. The van der Waals surface area contributed by atoms with Crippen LogP contribution >= 0.6 is 0 Å². The molecule has 1 amide bonds. The van der Waals surface area contributed by atoms with Crippen molar-refractivity contribution in [2.45, 2.75) is 26.3 Å². The summed E-state index contributed by atoms with van der Waals surface area (Å²) in [6.07, 6.45) is 0.739. The Labute approximate surface area is 166 Å². The number of carbonyl (C=O) groups excluding carboxylic acids is 1. The lowest BCUT2D eigenvalue weighted by atomic mass is 9.95. The van der Waals surface area contributed by atoms with Crippen LogP contribution in [0.1, 0.15) is 34.7 Å². The molecule has 1 fully saturated rings. The van der Waals surface area contributed by atoms with Crippen LogP contribution in [0.2, 0.25) is 0 Å². The van der Waals surface area contributed by atoms with E-state index in [-0.39, 0.29) is 11.9 Å². The van der Waals surface area contributed by atoms with Crippen LogP contribution in [0.25, 0.3) is 0 Å². The number of amides is 1. The maximum Gasteiger partial charge on any atom is 0.257 e. The molecule has 4 rings (SSSR count). The van der Waals surface area contributed by atoms with Gasteiger partial charge >= 0.3 is 0 Å². The molecule has 2 aliphatic rings. The van der Waals surface area contributed by atoms with Crippen LogP contribution in [-0.2, 0) is 9.53 Å². The van der Waals surface area contributed by atoms with Gasteiger partial charge in [0.25, 0.3) is 5.91 Å². The van der Waals surface area contributed by atoms with E-state index in [2.05, 4.69) is 49.1 Å². The van der Waals surface area contributed by atoms with Crippen molar-refractivity contribution in [2.24, 2.45) is 5.10 Å². The maximum atomic E-state index is 13.1. The van der Waals surface area contributed by atoms with Crippen LogP contribution in [0.15, 0.2) is 53.6 Å². The van der Waals surface area contributed by atoms with Gasteiger partial charge in [-0.25, -0.2) is 5.01 Å². The second kappa shape index (κ2) is 8.25. The molecule has 0 aliphatic carbocycles. The summed E-state index contributed by atoms with van der Waals surface area (Å²) < 4.78 is 5.40. The highest BCUT2D eigenvalue weighted by molar-refractivity contribution is 6.04. The van der Waals surface area contributed by atoms with Gasteiger partial charge in [-0.05, 0) is 25.0 Å². The topological polar surface area (TPSA) is 45.1 Å². The summed E-state index contributed by atoms with van der Waals surface area (Å²) >= 11 is 0. The molecule has 2 heterocycles. The van der Waals surface area contributed by atoms with Crippen molar-refractivity contribution >= 4 is 11.6 Å². The molecule has 2 aliphatic heterocycles. The second-order valence-corrected chi connectivity index (χ2v) is 7.62. The molecule has 0 aromatic heterocycles. The molecule has 2 aromatic rings. The minimum Gasteiger partial charge on any atom is -0.379 e. The van der Waals surface area contributed by atoms with E-state index >= 15 is 0 Å². The fraction of sp³-hybridized carbons (Fsp3) is 0.391. The van der Waals surface area contributed by atoms with E-state index in [1.54, 1.807) is 5.01 Å². The summed E-state index contributed by atoms with van der Waals surface area (Å²) in [5.41, 5.74) is 5.68. The molecular weight excluding hydrogens is 350 g/mol. The van der Waals surface area contributed by atoms with E-state index in [0.717, 1.165) is 36.3 Å². The third-order valence-corrected chi connectivity index (χ3v) is 5.51. The van der Waals surface area contributed by atoms with Crippen molar-refractivity contribution in [2.75, 3.05) is 32.8 Å². The van der Waals surface area contributed by atoms with Gasteiger partial charge in [0.05, 0.1) is 31.5 Å². The van der Waals surface area contributed by atoms with Gasteiger partial charge in [-0.2, -0.15) is 5.10 Å². The van der Waals surface area contributed by atoms with Gasteiger partial charge in [0.2, 0.25) is 0 Å². The lowest BCUT2D eigenvalue weighted by Crippen LogP contribution is -2.43. The lowest BCUT2D eigenvalue weighted by molar-refractivity contribution is -0.135. The Morgan fingerprint density at radius 3 is 2.57 bits per heavy atom. The number of hydrazone groups is 1. The third-order valence-electron chi connectivity index (χ3n) is 5.51. The molecule has 0 saturated carbocycles. The van der Waals surface area contributed by atoms with Gasteiger partial charge in [-0.15, -0.1) is 0 Å². The highest BCUT2D eigenvalue weighted by Gasteiger charge is 2.34. The number of ether oxygens (including phenoxy) is 1. The summed E-state index contributed by atoms with van der Waals surface area (Å²) in [5.74, 6) is 0.0514. The van der Waals surface area contributed by atoms with Gasteiger partial charge in [-0.3, -0.25) is 9.69 Å². The number of carbonyl (C=O) groups is 1. The number of aryl methyl sites for hydroxylation is 2. The standard InChI is InChI=1S/C23H27N3O2/c1-17-8-9-20(18(2)14-17)21-15-22(19-6-4-3-5-7-19)26(24-21)23(27)16-25-10-12-28-13-11-25/h3-9,14,22H,10-13,15-16H2,1-2H3. The smallest absolute Gasteiger partial charge is 0.257 e. The van der Waals surface area contributed by atoms with Gasteiger partial charge in [0.15, 0.2) is 0 Å². The average Bonchev–Trinajstić information content (AvgIpc) is 3.15. The van der Waals surface area contributed by atoms with Gasteiger partial charge < -0.3 is 4.74 Å². The van der Waals surface area contributed by atoms with E-state index in [4.69, 9.17) is 9.84 Å². The second-order valence-electron chi connectivity index (χ2n) is 7.62. The quantitative estimate of drug-likeness (QED) is 0.821. The van der Waals surface area contributed by atoms with Crippen molar-refractivity contribution in [1.29, 1.82) is 0 Å². The van der Waals surface area contributed by atoms with Crippen molar-refractivity contribution < 1.29 is 9.53 Å². The largest absolute Gasteiger partial charge is 0.379 e. The van der Waals surface area contributed by atoms with E-state index in [0.29, 0.717) is 19.8 Å². The fourth-order valence-electron chi connectivity index (χ4n) is 4.00. The van der Waals surface area contributed by atoms with Crippen LogP contribution in [-0.4, -0.2) is 54.4 Å². The van der Waals surface area contributed by atoms with Gasteiger partial charge in [0.1, 0.15) is 0 Å². The predicted molar refractivity (Wildman–Crippen MR) is 110 cm³/mol. The van der Waals surface area contributed by atoms with Crippen LogP contribution in [0.4, 0.5) is 0 Å². The summed E-state index contributed by atoms with van der Waals surface area (Å²) in [6.45, 7) is 7.56. The zero-order valence-corrected chi connectivity index (χ0v) is 16.6. The molecule has 1 atom stereocenters. The first-order chi connectivity index (χ1) is 13.6. The lowest BCUT2D eigenvalue weighted by Gasteiger charge is -2.29. The Morgan fingerprint density at radius 2 is 1.86 bits per heavy atom. The maximum absolute atomic E-state index is 13.1. The Balaban J connectivity index is 1.62. The Morgan fingerprint density at radius 1 is 1.11 bits per heavy atom. The molecule has 1 unspecified atom stereocenters. The fourth-order valence-corrected chi connectivity index (χ4v) is 4.00. The van der Waals surface area contributed by atoms with Crippen molar-refractivity contribution in [3.8, 4) is 0 Å². The van der Waals surface area contributed by atoms with Crippen LogP contribution < -0.4 is 0 Å². The summed E-state index contributed by atoms with van der Waals surface area (Å²) in [4.78, 5) is 15.3. The molecule has 5 heteroatoms. The number of nitrogens with zero attached hydrogens (tertiary/aromatic N) is 3. The first-order valence-electron chi connectivity index (χ1n) is 9.94. The van der Waals surface area contributed by atoms with E-state index in [1.165, 1.54) is 11.1 Å². The summed E-state index contributed by atoms with van der Waals surface area (Å²) in [6, 6.07) is 16.6. The van der Waals surface area contributed by atoms with Crippen molar-refractivity contribution in [3.05, 3.63) is 70.8 Å².